The molecule has 0 saturated heterocycles. The average molecular weight is 429 g/mol. The molecule has 1 aromatic heterocycles. The molecule has 4 atom stereocenters. The summed E-state index contributed by atoms with van der Waals surface area (Å²) in [5.74, 6) is 1.42. The zero-order chi connectivity index (χ0) is 18.8. The van der Waals surface area contributed by atoms with E-state index in [9.17, 15) is 4.79 Å². The van der Waals surface area contributed by atoms with Crippen LogP contribution in [0, 0.1) is 31.1 Å². The van der Waals surface area contributed by atoms with Crippen LogP contribution in [0.2, 0.25) is 0 Å². The number of aromatic nitrogens is 3. The molecule has 6 rings (SSSR count). The summed E-state index contributed by atoms with van der Waals surface area (Å²) in [6.45, 7) is 4.15. The minimum absolute atomic E-state index is 0.0526. The van der Waals surface area contributed by atoms with E-state index >= 15 is 0 Å². The second-order valence-corrected chi connectivity index (χ2v) is 9.96. The Kier molecular flexibility index (Phi) is 3.81. The van der Waals surface area contributed by atoms with Crippen LogP contribution in [0.25, 0.3) is 0 Å². The van der Waals surface area contributed by atoms with Crippen LogP contribution < -0.4 is 5.32 Å². The van der Waals surface area contributed by atoms with Gasteiger partial charge in [0.1, 0.15) is 6.33 Å². The number of nitrogens with one attached hydrogen (secondary N) is 1. The highest BCUT2D eigenvalue weighted by Gasteiger charge is 2.61. The second kappa shape index (κ2) is 5.90. The molecule has 6 heteroatoms. The van der Waals surface area contributed by atoms with Gasteiger partial charge in [-0.25, -0.2) is 9.67 Å². The predicted octanol–water partition coefficient (Wildman–Crippen LogP) is 4.59. The third-order valence-corrected chi connectivity index (χ3v) is 7.30. The third kappa shape index (κ3) is 2.84. The molecule has 0 spiro atoms. The van der Waals surface area contributed by atoms with E-state index in [4.69, 9.17) is 0 Å². The lowest BCUT2D eigenvalue weighted by molar-refractivity contribution is -0.150. The summed E-state index contributed by atoms with van der Waals surface area (Å²) >= 11 is 3.39. The Bertz CT molecular complexity index is 886. The molecule has 1 aromatic carbocycles. The number of hydrogen-bond donors (Lipinski definition) is 1. The van der Waals surface area contributed by atoms with Gasteiger partial charge < -0.3 is 5.32 Å². The number of carbonyl (C=O) groups excluding carboxylic acids is 1. The molecule has 0 radical (unpaired) electrons. The Hall–Kier alpha value is -1.69. The summed E-state index contributed by atoms with van der Waals surface area (Å²) in [6.07, 6.45) is 8.24. The summed E-state index contributed by atoms with van der Waals surface area (Å²) in [5.41, 5.74) is 2.95. The maximum atomic E-state index is 13.5. The first-order valence-electron chi connectivity index (χ1n) is 9.83. The van der Waals surface area contributed by atoms with Crippen molar-refractivity contribution in [2.24, 2.45) is 17.3 Å². The minimum atomic E-state index is -0.278. The molecule has 4 aliphatic carbocycles. The van der Waals surface area contributed by atoms with Gasteiger partial charge in [-0.1, -0.05) is 6.07 Å². The lowest BCUT2D eigenvalue weighted by Crippen LogP contribution is -2.60. The van der Waals surface area contributed by atoms with Crippen molar-refractivity contribution in [1.29, 1.82) is 0 Å². The molecular weight excluding hydrogens is 404 g/mol. The van der Waals surface area contributed by atoms with Gasteiger partial charge in [-0.15, -0.1) is 5.10 Å². The maximum Gasteiger partial charge on any atom is 0.230 e. The van der Waals surface area contributed by atoms with Crippen molar-refractivity contribution in [3.8, 4) is 0 Å². The third-order valence-electron chi connectivity index (χ3n) is 6.94. The molecule has 1 amide bonds. The standard InChI is InChI=1S/C21H25BrN4O/c1-13-3-14(2)5-17(4-13)24-18(27)20-7-15-6-16(8-20)10-21(9-15,11-20)26-12-23-19(22)25-26/h3-5,12,15-16H,6-11H2,1-2H3,(H,24,27)/t15-,16+,20?,21?. The van der Waals surface area contributed by atoms with E-state index in [1.165, 1.54) is 17.5 Å². The van der Waals surface area contributed by atoms with Crippen LogP contribution in [0.1, 0.15) is 49.7 Å². The normalized spacial score (nSPS) is 34.0. The van der Waals surface area contributed by atoms with Gasteiger partial charge in [0.25, 0.3) is 0 Å². The van der Waals surface area contributed by atoms with E-state index in [2.05, 4.69) is 63.4 Å². The Morgan fingerprint density at radius 2 is 1.81 bits per heavy atom. The van der Waals surface area contributed by atoms with E-state index in [0.29, 0.717) is 16.6 Å². The lowest BCUT2D eigenvalue weighted by atomic mass is 9.46. The molecular formula is C21H25BrN4O. The topological polar surface area (TPSA) is 59.8 Å². The first-order chi connectivity index (χ1) is 12.9. The van der Waals surface area contributed by atoms with E-state index in [1.807, 2.05) is 11.0 Å². The number of rotatable bonds is 3. The first kappa shape index (κ1) is 17.4. The molecule has 0 aliphatic heterocycles. The monoisotopic (exact) mass is 428 g/mol. The van der Waals surface area contributed by atoms with Gasteiger partial charge >= 0.3 is 0 Å². The zero-order valence-electron chi connectivity index (χ0n) is 15.8. The van der Waals surface area contributed by atoms with Gasteiger partial charge in [0, 0.05) is 5.69 Å². The summed E-state index contributed by atoms with van der Waals surface area (Å²) in [7, 11) is 0. The lowest BCUT2D eigenvalue weighted by Gasteiger charge is -2.60. The molecule has 5 nitrogen and oxygen atoms in total. The molecule has 4 saturated carbocycles. The number of hydrogen-bond acceptors (Lipinski definition) is 3. The quantitative estimate of drug-likeness (QED) is 0.777. The van der Waals surface area contributed by atoms with Crippen LogP contribution in [0.5, 0.6) is 0 Å². The molecule has 142 valence electrons. The molecule has 1 N–H and O–H groups in total. The van der Waals surface area contributed by atoms with Gasteiger partial charge in [-0.3, -0.25) is 4.79 Å². The molecule has 4 aliphatic rings. The summed E-state index contributed by atoms with van der Waals surface area (Å²) in [6, 6.07) is 6.27. The largest absolute Gasteiger partial charge is 0.326 e. The summed E-state index contributed by atoms with van der Waals surface area (Å²) in [4.78, 5) is 17.8. The summed E-state index contributed by atoms with van der Waals surface area (Å²) < 4.78 is 2.68. The van der Waals surface area contributed by atoms with Gasteiger partial charge in [0.2, 0.25) is 10.6 Å². The van der Waals surface area contributed by atoms with E-state index < -0.39 is 0 Å². The molecule has 2 unspecified atom stereocenters. The fourth-order valence-electron chi connectivity index (χ4n) is 6.53. The molecule has 27 heavy (non-hydrogen) atoms. The molecule has 4 fully saturated rings. The van der Waals surface area contributed by atoms with Gasteiger partial charge in [0.05, 0.1) is 11.0 Å². The molecule has 2 aromatic rings. The fourth-order valence-corrected chi connectivity index (χ4v) is 6.79. The Labute approximate surface area is 168 Å². The SMILES string of the molecule is Cc1cc(C)cc(NC(=O)C23C[C@H]4C[C@@H](C2)CC(n2cnc(Br)n2)(C4)C3)c1. The van der Waals surface area contributed by atoms with E-state index in [1.54, 1.807) is 0 Å². The van der Waals surface area contributed by atoms with Crippen LogP contribution in [0.15, 0.2) is 29.3 Å². The van der Waals surface area contributed by atoms with E-state index in [0.717, 1.165) is 37.8 Å². The smallest absolute Gasteiger partial charge is 0.230 e. The number of nitrogens with zero attached hydrogens (tertiary/aromatic N) is 3. The first-order valence-corrected chi connectivity index (χ1v) is 10.6. The minimum Gasteiger partial charge on any atom is -0.326 e. The number of anilines is 1. The Morgan fingerprint density at radius 1 is 1.15 bits per heavy atom. The number of carbonyl (C=O) groups is 1. The second-order valence-electron chi connectivity index (χ2n) is 9.25. The number of amides is 1. The van der Waals surface area contributed by atoms with Crippen molar-refractivity contribution in [3.63, 3.8) is 0 Å². The Balaban J connectivity index is 1.47. The van der Waals surface area contributed by atoms with Crippen molar-refractivity contribution in [3.05, 3.63) is 40.4 Å². The highest BCUT2D eigenvalue weighted by molar-refractivity contribution is 9.10. The van der Waals surface area contributed by atoms with Crippen molar-refractivity contribution in [2.75, 3.05) is 5.32 Å². The van der Waals surface area contributed by atoms with Gasteiger partial charge in [-0.2, -0.15) is 0 Å². The van der Waals surface area contributed by atoms with Crippen LogP contribution in [0.3, 0.4) is 0 Å². The van der Waals surface area contributed by atoms with Crippen LogP contribution in [0.4, 0.5) is 5.69 Å². The number of halogens is 1. The van der Waals surface area contributed by atoms with Crippen LogP contribution in [-0.4, -0.2) is 20.7 Å². The average Bonchev–Trinajstić information content (AvgIpc) is 3.00. The van der Waals surface area contributed by atoms with Crippen molar-refractivity contribution < 1.29 is 4.79 Å². The summed E-state index contributed by atoms with van der Waals surface area (Å²) in [5, 5.41) is 7.85. The van der Waals surface area contributed by atoms with Crippen LogP contribution >= 0.6 is 15.9 Å². The number of aryl methyl sites for hydroxylation is 2. The zero-order valence-corrected chi connectivity index (χ0v) is 17.4. The highest BCUT2D eigenvalue weighted by Crippen LogP contribution is 2.64. The van der Waals surface area contributed by atoms with Crippen molar-refractivity contribution in [2.45, 2.75) is 57.9 Å². The maximum absolute atomic E-state index is 13.5. The number of benzene rings is 1. The predicted molar refractivity (Wildman–Crippen MR) is 107 cm³/mol. The van der Waals surface area contributed by atoms with Gasteiger partial charge in [0.15, 0.2) is 0 Å². The van der Waals surface area contributed by atoms with Crippen molar-refractivity contribution in [1.82, 2.24) is 14.8 Å². The highest BCUT2D eigenvalue weighted by atomic mass is 79.9. The van der Waals surface area contributed by atoms with E-state index in [-0.39, 0.29) is 16.9 Å². The van der Waals surface area contributed by atoms with Crippen LogP contribution in [-0.2, 0) is 10.3 Å². The Morgan fingerprint density at radius 3 is 2.41 bits per heavy atom. The molecule has 4 bridgehead atoms. The van der Waals surface area contributed by atoms with Crippen molar-refractivity contribution >= 4 is 27.5 Å². The van der Waals surface area contributed by atoms with Gasteiger partial charge in [-0.05, 0) is 103 Å². The fraction of sp³-hybridized carbons (Fsp3) is 0.571. The molecule has 1 heterocycles.